The van der Waals surface area contributed by atoms with Crippen LogP contribution in [0.5, 0.6) is 0 Å². The van der Waals surface area contributed by atoms with E-state index in [-0.39, 0.29) is 29.8 Å². The summed E-state index contributed by atoms with van der Waals surface area (Å²) >= 11 is 0. The fourth-order valence-electron chi connectivity index (χ4n) is 2.22. The molecule has 9 heteroatoms. The van der Waals surface area contributed by atoms with Gasteiger partial charge in [-0.2, -0.15) is 0 Å². The summed E-state index contributed by atoms with van der Waals surface area (Å²) in [7, 11) is 0. The van der Waals surface area contributed by atoms with Crippen molar-refractivity contribution in [2.24, 2.45) is 5.84 Å². The third kappa shape index (κ3) is 3.78. The zero-order chi connectivity index (χ0) is 15.2. The van der Waals surface area contributed by atoms with Crippen molar-refractivity contribution in [2.75, 3.05) is 30.4 Å². The Balaban J connectivity index is 2.04. The molecule has 2 rings (SSSR count). The molecule has 21 heavy (non-hydrogen) atoms. The number of nitrogens with one attached hydrogen (secondary N) is 2. The number of amides is 1. The van der Waals surface area contributed by atoms with E-state index >= 15 is 0 Å². The molecule has 0 atom stereocenters. The van der Waals surface area contributed by atoms with E-state index in [0.717, 1.165) is 32.4 Å². The van der Waals surface area contributed by atoms with Crippen molar-refractivity contribution < 1.29 is 9.72 Å². The standard InChI is InChI=1S/C12H18N6O3/c13-16-10-5-4-9(18(20)21)12(15-10)14-8-11(19)17-6-2-1-3-7-17/h4-5H,1-3,6-8,13H2,(H2,14,15,16). The molecule has 1 saturated heterocycles. The molecule has 1 aromatic heterocycles. The van der Waals surface area contributed by atoms with Crippen molar-refractivity contribution in [1.82, 2.24) is 9.88 Å². The summed E-state index contributed by atoms with van der Waals surface area (Å²) in [6, 6.07) is 2.69. The highest BCUT2D eigenvalue weighted by Crippen LogP contribution is 2.23. The third-order valence-electron chi connectivity index (χ3n) is 3.33. The Hall–Kier alpha value is -2.42. The minimum Gasteiger partial charge on any atom is -0.355 e. The summed E-state index contributed by atoms with van der Waals surface area (Å²) in [5, 5.41) is 13.7. The second kappa shape index (κ2) is 6.84. The maximum Gasteiger partial charge on any atom is 0.311 e. The summed E-state index contributed by atoms with van der Waals surface area (Å²) in [6.07, 6.45) is 3.13. The number of nitrogens with zero attached hydrogens (tertiary/aromatic N) is 3. The highest BCUT2D eigenvalue weighted by atomic mass is 16.6. The average molecular weight is 294 g/mol. The van der Waals surface area contributed by atoms with Gasteiger partial charge in [0, 0.05) is 19.2 Å². The normalized spacial score (nSPS) is 14.6. The van der Waals surface area contributed by atoms with Gasteiger partial charge in [0.15, 0.2) is 0 Å². The average Bonchev–Trinajstić information content (AvgIpc) is 2.52. The molecule has 1 aromatic rings. The maximum atomic E-state index is 12.0. The molecule has 114 valence electrons. The first kappa shape index (κ1) is 15.0. The van der Waals surface area contributed by atoms with Crippen molar-refractivity contribution in [2.45, 2.75) is 19.3 Å². The van der Waals surface area contributed by atoms with E-state index in [1.54, 1.807) is 4.90 Å². The van der Waals surface area contributed by atoms with Crippen molar-refractivity contribution >= 4 is 23.2 Å². The molecule has 1 aliphatic heterocycles. The van der Waals surface area contributed by atoms with Crippen molar-refractivity contribution in [3.05, 3.63) is 22.2 Å². The van der Waals surface area contributed by atoms with Crippen molar-refractivity contribution in [1.29, 1.82) is 0 Å². The minimum atomic E-state index is -0.555. The number of carbonyl (C=O) groups is 1. The number of nitrogens with two attached hydrogens (primary N) is 1. The number of carbonyl (C=O) groups excluding carboxylic acids is 1. The smallest absolute Gasteiger partial charge is 0.311 e. The number of aromatic nitrogens is 1. The van der Waals surface area contributed by atoms with Crippen LogP contribution < -0.4 is 16.6 Å². The van der Waals surface area contributed by atoms with Crippen LogP contribution in [0.15, 0.2) is 12.1 Å². The lowest BCUT2D eigenvalue weighted by Gasteiger charge is -2.26. The Labute approximate surface area is 121 Å². The number of piperidine rings is 1. The van der Waals surface area contributed by atoms with Gasteiger partial charge in [0.1, 0.15) is 5.82 Å². The first-order chi connectivity index (χ1) is 10.1. The van der Waals surface area contributed by atoms with Gasteiger partial charge in [0.25, 0.3) is 0 Å². The number of likely N-dealkylation sites (tertiary alicyclic amines) is 1. The molecule has 9 nitrogen and oxygen atoms in total. The molecular formula is C12H18N6O3. The predicted molar refractivity (Wildman–Crippen MR) is 77.6 cm³/mol. The Kier molecular flexibility index (Phi) is 4.88. The second-order valence-electron chi connectivity index (χ2n) is 4.76. The summed E-state index contributed by atoms with van der Waals surface area (Å²) in [4.78, 5) is 28.2. The van der Waals surface area contributed by atoms with Crippen LogP contribution in [0.1, 0.15) is 19.3 Å². The Bertz CT molecular complexity index is 530. The molecule has 1 fully saturated rings. The first-order valence-corrected chi connectivity index (χ1v) is 6.75. The third-order valence-corrected chi connectivity index (χ3v) is 3.33. The summed E-state index contributed by atoms with van der Waals surface area (Å²) in [5.41, 5.74) is 2.12. The van der Waals surface area contributed by atoms with Gasteiger partial charge in [-0.15, -0.1) is 0 Å². The molecule has 0 aliphatic carbocycles. The molecule has 0 radical (unpaired) electrons. The minimum absolute atomic E-state index is 0.0259. The number of rotatable bonds is 5. The predicted octanol–water partition coefficient (Wildman–Crippen LogP) is 0.700. The van der Waals surface area contributed by atoms with E-state index in [9.17, 15) is 14.9 Å². The highest BCUT2D eigenvalue weighted by Gasteiger charge is 2.19. The van der Waals surface area contributed by atoms with Gasteiger partial charge in [-0.3, -0.25) is 14.9 Å². The van der Waals surface area contributed by atoms with E-state index in [1.165, 1.54) is 12.1 Å². The first-order valence-electron chi connectivity index (χ1n) is 6.75. The quantitative estimate of drug-likeness (QED) is 0.414. The number of hydrogen-bond acceptors (Lipinski definition) is 7. The molecule has 0 bridgehead atoms. The summed E-state index contributed by atoms with van der Waals surface area (Å²) in [5.74, 6) is 5.46. The number of hydrazine groups is 1. The fourth-order valence-corrected chi connectivity index (χ4v) is 2.22. The number of nitro groups is 1. The van der Waals surface area contributed by atoms with E-state index in [4.69, 9.17) is 5.84 Å². The van der Waals surface area contributed by atoms with Gasteiger partial charge in [-0.25, -0.2) is 10.8 Å². The molecule has 0 saturated carbocycles. The van der Waals surface area contributed by atoms with Gasteiger partial charge in [0.2, 0.25) is 11.7 Å². The SMILES string of the molecule is NNc1ccc([N+](=O)[O-])c(NCC(=O)N2CCCCC2)n1. The molecule has 2 heterocycles. The van der Waals surface area contributed by atoms with Crippen LogP contribution in [0.25, 0.3) is 0 Å². The van der Waals surface area contributed by atoms with Crippen molar-refractivity contribution in [3.63, 3.8) is 0 Å². The molecule has 0 spiro atoms. The monoisotopic (exact) mass is 294 g/mol. The van der Waals surface area contributed by atoms with E-state index in [0.29, 0.717) is 0 Å². The van der Waals surface area contributed by atoms with E-state index < -0.39 is 4.92 Å². The number of anilines is 2. The van der Waals surface area contributed by atoms with E-state index in [1.807, 2.05) is 0 Å². The Morgan fingerprint density at radius 1 is 1.38 bits per heavy atom. The van der Waals surface area contributed by atoms with Crippen LogP contribution in [0.3, 0.4) is 0 Å². The van der Waals surface area contributed by atoms with Crippen LogP contribution in [0, 0.1) is 10.1 Å². The molecule has 0 unspecified atom stereocenters. The fraction of sp³-hybridized carbons (Fsp3) is 0.500. The molecule has 1 amide bonds. The number of nitrogen functional groups attached to an aromatic ring is 1. The van der Waals surface area contributed by atoms with Gasteiger partial charge in [-0.1, -0.05) is 0 Å². The maximum absolute atomic E-state index is 12.0. The molecule has 4 N–H and O–H groups in total. The van der Waals surface area contributed by atoms with Gasteiger partial charge in [0.05, 0.1) is 11.5 Å². The Morgan fingerprint density at radius 2 is 2.10 bits per heavy atom. The van der Waals surface area contributed by atoms with Crippen LogP contribution >= 0.6 is 0 Å². The lowest BCUT2D eigenvalue weighted by Crippen LogP contribution is -2.39. The Morgan fingerprint density at radius 3 is 2.71 bits per heavy atom. The van der Waals surface area contributed by atoms with Gasteiger partial charge in [-0.05, 0) is 25.3 Å². The zero-order valence-electron chi connectivity index (χ0n) is 11.5. The van der Waals surface area contributed by atoms with Crippen LogP contribution in [0.2, 0.25) is 0 Å². The van der Waals surface area contributed by atoms with Crippen LogP contribution in [0.4, 0.5) is 17.3 Å². The molecule has 0 aromatic carbocycles. The largest absolute Gasteiger partial charge is 0.355 e. The molecule has 1 aliphatic rings. The second-order valence-corrected chi connectivity index (χ2v) is 4.76. The van der Waals surface area contributed by atoms with Gasteiger partial charge < -0.3 is 15.6 Å². The van der Waals surface area contributed by atoms with Crippen LogP contribution in [-0.4, -0.2) is 40.3 Å². The highest BCUT2D eigenvalue weighted by molar-refractivity contribution is 5.81. The topological polar surface area (TPSA) is 126 Å². The summed E-state index contributed by atoms with van der Waals surface area (Å²) < 4.78 is 0. The molecular weight excluding hydrogens is 276 g/mol. The van der Waals surface area contributed by atoms with Crippen LogP contribution in [-0.2, 0) is 4.79 Å². The zero-order valence-corrected chi connectivity index (χ0v) is 11.5. The van der Waals surface area contributed by atoms with E-state index in [2.05, 4.69) is 15.7 Å². The van der Waals surface area contributed by atoms with Crippen molar-refractivity contribution in [3.8, 4) is 0 Å². The summed E-state index contributed by atoms with van der Waals surface area (Å²) in [6.45, 7) is 1.45. The lowest BCUT2D eigenvalue weighted by atomic mass is 10.1. The van der Waals surface area contributed by atoms with Gasteiger partial charge >= 0.3 is 5.69 Å². The number of pyridine rings is 1. The number of hydrogen-bond donors (Lipinski definition) is 3. The lowest BCUT2D eigenvalue weighted by molar-refractivity contribution is -0.384.